The van der Waals surface area contributed by atoms with Crippen LogP contribution in [0.5, 0.6) is 0 Å². The molecular formula is C12H14BrFN2O3. The van der Waals surface area contributed by atoms with Gasteiger partial charge < -0.3 is 15.8 Å². The van der Waals surface area contributed by atoms with E-state index in [0.29, 0.717) is 6.54 Å². The minimum absolute atomic E-state index is 0.0472. The Kier molecular flexibility index (Phi) is 5.75. The summed E-state index contributed by atoms with van der Waals surface area (Å²) in [4.78, 5) is 22.9. The van der Waals surface area contributed by atoms with E-state index in [0.717, 1.165) is 6.07 Å². The fourth-order valence-electron chi connectivity index (χ4n) is 1.32. The first-order valence-electron chi connectivity index (χ1n) is 5.64. The molecule has 19 heavy (non-hydrogen) atoms. The standard InChI is InChI=1S/C12H14BrFN2O3/c1-2-16-11(17)3-4-19-12(18)7-5-10(15)9(14)6-8(7)13/h5-6H,2-4,15H2,1H3,(H,16,17). The minimum Gasteiger partial charge on any atom is -0.462 e. The van der Waals surface area contributed by atoms with E-state index in [1.807, 2.05) is 0 Å². The van der Waals surface area contributed by atoms with Gasteiger partial charge in [0.15, 0.2) is 0 Å². The Bertz CT molecular complexity index is 494. The van der Waals surface area contributed by atoms with Gasteiger partial charge in [-0.25, -0.2) is 9.18 Å². The summed E-state index contributed by atoms with van der Waals surface area (Å²) in [6, 6.07) is 2.28. The molecule has 0 fully saturated rings. The number of carbonyl (C=O) groups is 2. The number of rotatable bonds is 5. The molecule has 5 nitrogen and oxygen atoms in total. The maximum atomic E-state index is 13.1. The van der Waals surface area contributed by atoms with Crippen LogP contribution in [0.25, 0.3) is 0 Å². The van der Waals surface area contributed by atoms with Gasteiger partial charge in [0.2, 0.25) is 5.91 Å². The van der Waals surface area contributed by atoms with Crippen molar-refractivity contribution in [1.29, 1.82) is 0 Å². The summed E-state index contributed by atoms with van der Waals surface area (Å²) in [7, 11) is 0. The molecule has 0 unspecified atom stereocenters. The third kappa shape index (κ3) is 4.51. The van der Waals surface area contributed by atoms with Gasteiger partial charge in [-0.3, -0.25) is 4.79 Å². The van der Waals surface area contributed by atoms with Gasteiger partial charge in [-0.2, -0.15) is 0 Å². The first-order valence-corrected chi connectivity index (χ1v) is 6.43. The quantitative estimate of drug-likeness (QED) is 0.637. The van der Waals surface area contributed by atoms with Crippen molar-refractivity contribution in [2.24, 2.45) is 0 Å². The molecule has 0 aromatic heterocycles. The summed E-state index contributed by atoms with van der Waals surface area (Å²) in [5.74, 6) is -1.48. The molecule has 1 aromatic rings. The third-order valence-electron chi connectivity index (χ3n) is 2.24. The maximum Gasteiger partial charge on any atom is 0.339 e. The highest BCUT2D eigenvalue weighted by Gasteiger charge is 2.15. The second-order valence-electron chi connectivity index (χ2n) is 3.69. The molecule has 3 N–H and O–H groups in total. The maximum absolute atomic E-state index is 13.1. The molecule has 7 heteroatoms. The molecule has 0 saturated carbocycles. The zero-order chi connectivity index (χ0) is 14.4. The van der Waals surface area contributed by atoms with Crippen molar-refractivity contribution < 1.29 is 18.7 Å². The van der Waals surface area contributed by atoms with Gasteiger partial charge in [0.1, 0.15) is 12.4 Å². The molecule has 1 rings (SSSR count). The first-order chi connectivity index (χ1) is 8.95. The van der Waals surface area contributed by atoms with Gasteiger partial charge in [-0.1, -0.05) is 0 Å². The zero-order valence-corrected chi connectivity index (χ0v) is 11.9. The lowest BCUT2D eigenvalue weighted by Gasteiger charge is -2.07. The Morgan fingerprint density at radius 2 is 2.16 bits per heavy atom. The number of halogens is 2. The van der Waals surface area contributed by atoms with Gasteiger partial charge in [0, 0.05) is 11.0 Å². The van der Waals surface area contributed by atoms with Crippen LogP contribution in [0.15, 0.2) is 16.6 Å². The molecule has 0 bridgehead atoms. The molecule has 0 saturated heterocycles. The van der Waals surface area contributed by atoms with Crippen LogP contribution in [0.3, 0.4) is 0 Å². The number of ether oxygens (including phenoxy) is 1. The summed E-state index contributed by atoms with van der Waals surface area (Å²) in [5, 5.41) is 2.58. The molecule has 0 atom stereocenters. The zero-order valence-electron chi connectivity index (χ0n) is 10.3. The molecule has 0 aliphatic rings. The van der Waals surface area contributed by atoms with Crippen molar-refractivity contribution in [3.8, 4) is 0 Å². The number of nitrogen functional groups attached to an aromatic ring is 1. The van der Waals surface area contributed by atoms with E-state index in [1.165, 1.54) is 6.07 Å². The smallest absolute Gasteiger partial charge is 0.339 e. The Morgan fingerprint density at radius 3 is 2.79 bits per heavy atom. The van der Waals surface area contributed by atoms with Crippen molar-refractivity contribution in [3.63, 3.8) is 0 Å². The number of amides is 1. The largest absolute Gasteiger partial charge is 0.462 e. The van der Waals surface area contributed by atoms with Crippen molar-refractivity contribution in [1.82, 2.24) is 5.32 Å². The fourth-order valence-corrected chi connectivity index (χ4v) is 1.80. The van der Waals surface area contributed by atoms with Crippen LogP contribution in [0.1, 0.15) is 23.7 Å². The van der Waals surface area contributed by atoms with Gasteiger partial charge >= 0.3 is 5.97 Å². The lowest BCUT2D eigenvalue weighted by Crippen LogP contribution is -2.24. The van der Waals surface area contributed by atoms with E-state index in [4.69, 9.17) is 10.5 Å². The number of anilines is 1. The molecule has 0 aliphatic carbocycles. The van der Waals surface area contributed by atoms with Crippen LogP contribution >= 0.6 is 15.9 Å². The van der Waals surface area contributed by atoms with E-state index in [-0.39, 0.29) is 34.7 Å². The summed E-state index contributed by atoms with van der Waals surface area (Å²) in [6.07, 6.45) is 0.0773. The number of nitrogens with one attached hydrogen (secondary N) is 1. The predicted molar refractivity (Wildman–Crippen MR) is 72.1 cm³/mol. The van der Waals surface area contributed by atoms with Crippen LogP contribution in [0.4, 0.5) is 10.1 Å². The van der Waals surface area contributed by atoms with Crippen molar-refractivity contribution >= 4 is 33.5 Å². The average Bonchev–Trinajstić information content (AvgIpc) is 2.34. The van der Waals surface area contributed by atoms with Gasteiger partial charge in [0.25, 0.3) is 0 Å². The molecule has 1 aromatic carbocycles. The van der Waals surface area contributed by atoms with Gasteiger partial charge in [0.05, 0.1) is 17.7 Å². The van der Waals surface area contributed by atoms with Crippen molar-refractivity contribution in [3.05, 3.63) is 28.0 Å². The van der Waals surface area contributed by atoms with Crippen LogP contribution in [-0.2, 0) is 9.53 Å². The molecule has 0 heterocycles. The van der Waals surface area contributed by atoms with Gasteiger partial charge in [-0.15, -0.1) is 0 Å². The topological polar surface area (TPSA) is 81.4 Å². The van der Waals surface area contributed by atoms with E-state index >= 15 is 0 Å². The molecule has 0 radical (unpaired) electrons. The summed E-state index contributed by atoms with van der Waals surface area (Å²) >= 11 is 3.05. The number of hydrogen-bond acceptors (Lipinski definition) is 4. The number of esters is 1. The Labute approximate surface area is 118 Å². The van der Waals surface area contributed by atoms with Crippen LogP contribution in [-0.4, -0.2) is 25.0 Å². The van der Waals surface area contributed by atoms with E-state index in [9.17, 15) is 14.0 Å². The molecule has 104 valence electrons. The molecular weight excluding hydrogens is 319 g/mol. The Balaban J connectivity index is 2.59. The minimum atomic E-state index is -0.664. The normalized spacial score (nSPS) is 10.1. The third-order valence-corrected chi connectivity index (χ3v) is 2.90. The summed E-state index contributed by atoms with van der Waals surface area (Å²) in [5.41, 5.74) is 5.36. The summed E-state index contributed by atoms with van der Waals surface area (Å²) in [6.45, 7) is 2.27. The number of carbonyl (C=O) groups excluding carboxylic acids is 2. The number of benzene rings is 1. The highest BCUT2D eigenvalue weighted by Crippen LogP contribution is 2.23. The average molecular weight is 333 g/mol. The van der Waals surface area contributed by atoms with E-state index in [1.54, 1.807) is 6.92 Å². The first kappa shape index (κ1) is 15.4. The van der Waals surface area contributed by atoms with Crippen LogP contribution < -0.4 is 11.1 Å². The molecule has 0 aliphatic heterocycles. The SMILES string of the molecule is CCNC(=O)CCOC(=O)c1cc(N)c(F)cc1Br. The van der Waals surface area contributed by atoms with Gasteiger partial charge in [-0.05, 0) is 35.0 Å². The van der Waals surface area contributed by atoms with E-state index in [2.05, 4.69) is 21.2 Å². The van der Waals surface area contributed by atoms with Crippen LogP contribution in [0.2, 0.25) is 0 Å². The lowest BCUT2D eigenvalue weighted by atomic mass is 10.2. The second kappa shape index (κ2) is 7.08. The second-order valence-corrected chi connectivity index (χ2v) is 4.55. The highest BCUT2D eigenvalue weighted by atomic mass is 79.9. The predicted octanol–water partition coefficient (Wildman–Crippen LogP) is 1.85. The summed E-state index contributed by atoms with van der Waals surface area (Å²) < 4.78 is 18.3. The number of hydrogen-bond donors (Lipinski definition) is 2. The molecule has 0 spiro atoms. The van der Waals surface area contributed by atoms with E-state index < -0.39 is 11.8 Å². The Morgan fingerprint density at radius 1 is 1.47 bits per heavy atom. The van der Waals surface area contributed by atoms with Crippen molar-refractivity contribution in [2.75, 3.05) is 18.9 Å². The lowest BCUT2D eigenvalue weighted by molar-refractivity contribution is -0.121. The Hall–Kier alpha value is -1.63. The highest BCUT2D eigenvalue weighted by molar-refractivity contribution is 9.10. The number of nitrogens with two attached hydrogens (primary N) is 1. The van der Waals surface area contributed by atoms with Crippen molar-refractivity contribution in [2.45, 2.75) is 13.3 Å². The monoisotopic (exact) mass is 332 g/mol. The fraction of sp³-hybridized carbons (Fsp3) is 0.333. The molecule has 1 amide bonds. The van der Waals surface area contributed by atoms with Crippen LogP contribution in [0, 0.1) is 5.82 Å².